The van der Waals surface area contributed by atoms with Gasteiger partial charge in [0.1, 0.15) is 11.9 Å². The third-order valence-corrected chi connectivity index (χ3v) is 4.41. The molecule has 0 spiro atoms. The van der Waals surface area contributed by atoms with Crippen molar-refractivity contribution in [2.75, 3.05) is 19.5 Å². The molecule has 6 heteroatoms. The number of methoxy groups -OCH3 is 2. The van der Waals surface area contributed by atoms with E-state index in [-0.39, 0.29) is 6.04 Å². The zero-order valence-corrected chi connectivity index (χ0v) is 14.9. The van der Waals surface area contributed by atoms with Gasteiger partial charge in [-0.1, -0.05) is 36.4 Å². The molecular weight excluding hydrogens is 328 g/mol. The van der Waals surface area contributed by atoms with E-state index in [1.165, 1.54) is 0 Å². The maximum absolute atomic E-state index is 5.47. The molecule has 1 aliphatic heterocycles. The highest BCUT2D eigenvalue weighted by atomic mass is 16.5. The molecule has 0 saturated heterocycles. The highest BCUT2D eigenvalue weighted by Crippen LogP contribution is 2.36. The number of nitrogens with zero attached hydrogens (tertiary/aromatic N) is 3. The highest BCUT2D eigenvalue weighted by Gasteiger charge is 2.25. The average molecular weight is 348 g/mol. The van der Waals surface area contributed by atoms with Crippen molar-refractivity contribution in [2.45, 2.75) is 13.0 Å². The van der Waals surface area contributed by atoms with Crippen LogP contribution in [0.1, 0.15) is 23.0 Å². The van der Waals surface area contributed by atoms with Crippen molar-refractivity contribution < 1.29 is 9.47 Å². The summed E-state index contributed by atoms with van der Waals surface area (Å²) in [5, 5.41) is 7.94. The van der Waals surface area contributed by atoms with Crippen LogP contribution >= 0.6 is 0 Å². The van der Waals surface area contributed by atoms with Crippen LogP contribution in [0, 0.1) is 6.92 Å². The van der Waals surface area contributed by atoms with Crippen LogP contribution in [-0.2, 0) is 0 Å². The lowest BCUT2D eigenvalue weighted by molar-refractivity contribution is 0.354. The van der Waals surface area contributed by atoms with Gasteiger partial charge in [0.05, 0.1) is 14.2 Å². The molecule has 3 aromatic rings. The maximum atomic E-state index is 5.47. The Morgan fingerprint density at radius 3 is 2.50 bits per heavy atom. The molecule has 4 rings (SSSR count). The predicted octanol–water partition coefficient (Wildman–Crippen LogP) is 3.66. The second kappa shape index (κ2) is 6.55. The first kappa shape index (κ1) is 16.2. The molecule has 0 bridgehead atoms. The van der Waals surface area contributed by atoms with E-state index in [1.807, 2.05) is 48.0 Å². The normalized spacial score (nSPS) is 15.7. The second-order valence-corrected chi connectivity index (χ2v) is 6.06. The number of hydrogen-bond acceptors (Lipinski definition) is 5. The molecule has 0 fully saturated rings. The smallest absolute Gasteiger partial charge is 0.226 e. The van der Waals surface area contributed by atoms with Gasteiger partial charge in [-0.25, -0.2) is 4.68 Å². The summed E-state index contributed by atoms with van der Waals surface area (Å²) in [5.74, 6) is 2.84. The van der Waals surface area contributed by atoms with E-state index in [1.54, 1.807) is 14.2 Å². The molecule has 1 atom stereocenters. The van der Waals surface area contributed by atoms with E-state index >= 15 is 0 Å². The minimum atomic E-state index is -0.0949. The maximum Gasteiger partial charge on any atom is 0.226 e. The third-order valence-electron chi connectivity index (χ3n) is 4.41. The molecule has 0 unspecified atom stereocenters. The molecule has 0 saturated carbocycles. The SMILES string of the molecule is COc1ccc([C@H]2C=C(c3ccccc3)Nc3nc(C)nn32)cc1OC. The van der Waals surface area contributed by atoms with Gasteiger partial charge in [0, 0.05) is 5.70 Å². The molecule has 0 radical (unpaired) electrons. The Labute approximate surface area is 152 Å². The van der Waals surface area contributed by atoms with Crippen molar-refractivity contribution >= 4 is 11.6 Å². The fourth-order valence-corrected chi connectivity index (χ4v) is 3.16. The van der Waals surface area contributed by atoms with Gasteiger partial charge in [-0.2, -0.15) is 10.1 Å². The van der Waals surface area contributed by atoms with Crippen LogP contribution in [0.4, 0.5) is 5.95 Å². The van der Waals surface area contributed by atoms with E-state index in [0.29, 0.717) is 11.5 Å². The molecule has 0 aliphatic carbocycles. The Hall–Kier alpha value is -3.28. The molecule has 2 aromatic carbocycles. The summed E-state index contributed by atoms with van der Waals surface area (Å²) in [7, 11) is 3.27. The standard InChI is InChI=1S/C20H20N4O2/c1-13-21-20-22-16(14-7-5-4-6-8-14)12-17(24(20)23-13)15-9-10-18(25-2)19(11-15)26-3/h4-12,17H,1-3H3,(H,21,22,23)/t17-/m1/s1. The monoisotopic (exact) mass is 348 g/mol. The van der Waals surface area contributed by atoms with Crippen LogP contribution in [0.25, 0.3) is 5.70 Å². The number of aryl methyl sites for hydroxylation is 1. The van der Waals surface area contributed by atoms with Crippen LogP contribution in [0.15, 0.2) is 54.6 Å². The van der Waals surface area contributed by atoms with Crippen molar-refractivity contribution in [3.8, 4) is 11.5 Å². The van der Waals surface area contributed by atoms with Crippen molar-refractivity contribution in [1.82, 2.24) is 14.8 Å². The molecule has 1 aromatic heterocycles. The number of hydrogen-bond donors (Lipinski definition) is 1. The number of ether oxygens (including phenoxy) is 2. The highest BCUT2D eigenvalue weighted by molar-refractivity contribution is 5.77. The van der Waals surface area contributed by atoms with Crippen LogP contribution in [0.5, 0.6) is 11.5 Å². The topological polar surface area (TPSA) is 61.2 Å². The number of aromatic nitrogens is 3. The molecule has 1 aliphatic rings. The van der Waals surface area contributed by atoms with Crippen LogP contribution in [0.3, 0.4) is 0 Å². The largest absolute Gasteiger partial charge is 0.493 e. The molecule has 0 amide bonds. The first-order valence-electron chi connectivity index (χ1n) is 8.39. The quantitative estimate of drug-likeness (QED) is 0.780. The minimum absolute atomic E-state index is 0.0949. The Morgan fingerprint density at radius 2 is 1.77 bits per heavy atom. The van der Waals surface area contributed by atoms with Gasteiger partial charge in [0.15, 0.2) is 11.5 Å². The van der Waals surface area contributed by atoms with Crippen LogP contribution in [-0.4, -0.2) is 29.0 Å². The zero-order valence-electron chi connectivity index (χ0n) is 14.9. The van der Waals surface area contributed by atoms with Crippen molar-refractivity contribution in [3.05, 3.63) is 71.6 Å². The lowest BCUT2D eigenvalue weighted by atomic mass is 10.0. The van der Waals surface area contributed by atoms with Gasteiger partial charge >= 0.3 is 0 Å². The average Bonchev–Trinajstić information content (AvgIpc) is 3.07. The lowest BCUT2D eigenvalue weighted by Gasteiger charge is -2.25. The van der Waals surface area contributed by atoms with E-state index in [4.69, 9.17) is 9.47 Å². The Balaban J connectivity index is 1.83. The summed E-state index contributed by atoms with van der Waals surface area (Å²) in [6.45, 7) is 1.89. The van der Waals surface area contributed by atoms with Gasteiger partial charge < -0.3 is 14.8 Å². The van der Waals surface area contributed by atoms with Gasteiger partial charge in [0.25, 0.3) is 0 Å². The van der Waals surface area contributed by atoms with E-state index < -0.39 is 0 Å². The number of fused-ring (bicyclic) bond motifs is 1. The van der Waals surface area contributed by atoms with Gasteiger partial charge in [-0.3, -0.25) is 0 Å². The molecule has 1 N–H and O–H groups in total. The summed E-state index contributed by atoms with van der Waals surface area (Å²) in [5.41, 5.74) is 3.15. The lowest BCUT2D eigenvalue weighted by Crippen LogP contribution is -2.20. The Morgan fingerprint density at radius 1 is 1.00 bits per heavy atom. The van der Waals surface area contributed by atoms with Gasteiger partial charge in [-0.05, 0) is 36.3 Å². The molecular formula is C20H20N4O2. The molecule has 6 nitrogen and oxygen atoms in total. The first-order valence-corrected chi connectivity index (χ1v) is 8.39. The fourth-order valence-electron chi connectivity index (χ4n) is 3.16. The van der Waals surface area contributed by atoms with Crippen molar-refractivity contribution in [1.29, 1.82) is 0 Å². The first-order chi connectivity index (χ1) is 12.7. The van der Waals surface area contributed by atoms with Crippen molar-refractivity contribution in [2.24, 2.45) is 0 Å². The second-order valence-electron chi connectivity index (χ2n) is 6.06. The van der Waals surface area contributed by atoms with Gasteiger partial charge in [-0.15, -0.1) is 0 Å². The fraction of sp³-hybridized carbons (Fsp3) is 0.200. The number of allylic oxidation sites excluding steroid dienone is 1. The zero-order chi connectivity index (χ0) is 18.1. The van der Waals surface area contributed by atoms with Crippen LogP contribution < -0.4 is 14.8 Å². The summed E-state index contributed by atoms with van der Waals surface area (Å²) in [6.07, 6.45) is 2.15. The van der Waals surface area contributed by atoms with Crippen LogP contribution in [0.2, 0.25) is 0 Å². The third kappa shape index (κ3) is 2.79. The molecule has 26 heavy (non-hydrogen) atoms. The summed E-state index contributed by atoms with van der Waals surface area (Å²) in [6, 6.07) is 16.0. The number of benzene rings is 2. The minimum Gasteiger partial charge on any atom is -0.493 e. The summed E-state index contributed by atoms with van der Waals surface area (Å²) >= 11 is 0. The Kier molecular flexibility index (Phi) is 4.08. The number of rotatable bonds is 4. The molecule has 2 heterocycles. The summed E-state index contributed by atoms with van der Waals surface area (Å²) < 4.78 is 12.7. The van der Waals surface area contributed by atoms with E-state index in [0.717, 1.165) is 28.6 Å². The van der Waals surface area contributed by atoms with Crippen molar-refractivity contribution in [3.63, 3.8) is 0 Å². The van der Waals surface area contributed by atoms with E-state index in [2.05, 4.69) is 33.6 Å². The predicted molar refractivity (Wildman–Crippen MR) is 100 cm³/mol. The summed E-state index contributed by atoms with van der Waals surface area (Å²) in [4.78, 5) is 4.52. The van der Waals surface area contributed by atoms with E-state index in [9.17, 15) is 0 Å². The number of anilines is 1. The Bertz CT molecular complexity index is 963. The number of nitrogens with one attached hydrogen (secondary N) is 1. The molecule has 132 valence electrons. The van der Waals surface area contributed by atoms with Gasteiger partial charge in [0.2, 0.25) is 5.95 Å².